The second kappa shape index (κ2) is 4.32. The number of nitrogen functional groups attached to an aromatic ring is 1. The Kier molecular flexibility index (Phi) is 2.86. The molecule has 0 saturated heterocycles. The summed E-state index contributed by atoms with van der Waals surface area (Å²) >= 11 is 0. The molecule has 2 aromatic heterocycles. The van der Waals surface area contributed by atoms with E-state index in [4.69, 9.17) is 5.73 Å². The van der Waals surface area contributed by atoms with Crippen LogP contribution in [0.15, 0.2) is 12.3 Å². The number of hydrogen-bond acceptors (Lipinski definition) is 6. The van der Waals surface area contributed by atoms with Gasteiger partial charge in [-0.05, 0) is 26.8 Å². The highest BCUT2D eigenvalue weighted by atomic mass is 15.2. The van der Waals surface area contributed by atoms with Gasteiger partial charge >= 0.3 is 0 Å². The van der Waals surface area contributed by atoms with Gasteiger partial charge in [0.1, 0.15) is 0 Å². The van der Waals surface area contributed by atoms with Gasteiger partial charge in [0.15, 0.2) is 0 Å². The molecule has 2 rings (SSSR count). The van der Waals surface area contributed by atoms with E-state index in [2.05, 4.69) is 25.3 Å². The molecular formula is C11H14N6. The second-order valence-electron chi connectivity index (χ2n) is 3.78. The molecule has 88 valence electrons. The minimum atomic E-state index is 0.458. The van der Waals surface area contributed by atoms with Crippen LogP contribution < -0.4 is 11.1 Å². The summed E-state index contributed by atoms with van der Waals surface area (Å²) in [5.74, 6) is 0.938. The third kappa shape index (κ3) is 2.47. The lowest BCUT2D eigenvalue weighted by molar-refractivity contribution is 1.03. The van der Waals surface area contributed by atoms with Gasteiger partial charge in [-0.25, -0.2) is 19.9 Å². The lowest BCUT2D eigenvalue weighted by Crippen LogP contribution is -2.06. The number of aryl methyl sites for hydroxylation is 3. The zero-order chi connectivity index (χ0) is 12.4. The van der Waals surface area contributed by atoms with E-state index in [0.717, 1.165) is 17.1 Å². The molecule has 2 aromatic rings. The molecule has 17 heavy (non-hydrogen) atoms. The van der Waals surface area contributed by atoms with Gasteiger partial charge < -0.3 is 5.73 Å². The monoisotopic (exact) mass is 230 g/mol. The van der Waals surface area contributed by atoms with Crippen molar-refractivity contribution in [2.24, 2.45) is 0 Å². The van der Waals surface area contributed by atoms with Crippen LogP contribution in [0.5, 0.6) is 0 Å². The molecule has 2 heterocycles. The highest BCUT2D eigenvalue weighted by molar-refractivity contribution is 5.52. The first-order chi connectivity index (χ1) is 8.06. The summed E-state index contributed by atoms with van der Waals surface area (Å²) in [6.45, 7) is 5.58. The van der Waals surface area contributed by atoms with Crippen LogP contribution >= 0.6 is 0 Å². The summed E-state index contributed by atoms with van der Waals surface area (Å²) < 4.78 is 0. The molecular weight excluding hydrogens is 216 g/mol. The maximum Gasteiger partial charge on any atom is 0.230 e. The van der Waals surface area contributed by atoms with Crippen LogP contribution in [0.3, 0.4) is 0 Å². The van der Waals surface area contributed by atoms with E-state index in [1.165, 1.54) is 0 Å². The van der Waals surface area contributed by atoms with Crippen LogP contribution in [0.25, 0.3) is 0 Å². The van der Waals surface area contributed by atoms with Crippen LogP contribution in [-0.4, -0.2) is 19.9 Å². The Bertz CT molecular complexity index is 528. The van der Waals surface area contributed by atoms with Crippen molar-refractivity contribution in [2.75, 3.05) is 11.1 Å². The fraction of sp³-hybridized carbons (Fsp3) is 0.273. The lowest BCUT2D eigenvalue weighted by atomic mass is 10.3. The fourth-order valence-electron chi connectivity index (χ4n) is 1.39. The van der Waals surface area contributed by atoms with Gasteiger partial charge in [-0.1, -0.05) is 0 Å². The number of rotatable bonds is 2. The normalized spacial score (nSPS) is 10.3. The van der Waals surface area contributed by atoms with Crippen LogP contribution in [-0.2, 0) is 0 Å². The van der Waals surface area contributed by atoms with Crippen molar-refractivity contribution in [3.05, 3.63) is 29.3 Å². The van der Waals surface area contributed by atoms with Crippen LogP contribution in [0.1, 0.15) is 17.1 Å². The average Bonchev–Trinajstić information content (AvgIpc) is 2.26. The number of hydrogen-bond donors (Lipinski definition) is 2. The first-order valence-corrected chi connectivity index (χ1v) is 5.23. The van der Waals surface area contributed by atoms with E-state index in [1.54, 1.807) is 6.20 Å². The third-order valence-electron chi connectivity index (χ3n) is 2.35. The van der Waals surface area contributed by atoms with Crippen molar-refractivity contribution in [2.45, 2.75) is 20.8 Å². The Morgan fingerprint density at radius 2 is 1.65 bits per heavy atom. The number of nitrogens with zero attached hydrogens (tertiary/aromatic N) is 4. The fourth-order valence-corrected chi connectivity index (χ4v) is 1.39. The Hall–Kier alpha value is -2.24. The SMILES string of the molecule is Cc1ccnc(Nc2nc(C)c(N)c(C)n2)n1. The average molecular weight is 230 g/mol. The molecule has 0 bridgehead atoms. The molecule has 0 radical (unpaired) electrons. The molecule has 0 aromatic carbocycles. The summed E-state index contributed by atoms with van der Waals surface area (Å²) in [5.41, 5.74) is 8.76. The van der Waals surface area contributed by atoms with Gasteiger partial charge in [-0.15, -0.1) is 0 Å². The molecule has 0 aliphatic carbocycles. The molecule has 0 unspecified atom stereocenters. The van der Waals surface area contributed by atoms with Crippen molar-refractivity contribution in [3.63, 3.8) is 0 Å². The van der Waals surface area contributed by atoms with Gasteiger partial charge in [-0.2, -0.15) is 0 Å². The second-order valence-corrected chi connectivity index (χ2v) is 3.78. The van der Waals surface area contributed by atoms with Crippen LogP contribution in [0, 0.1) is 20.8 Å². The predicted octanol–water partition coefficient (Wildman–Crippen LogP) is 1.52. The summed E-state index contributed by atoms with van der Waals surface area (Å²) in [5, 5.41) is 2.95. The minimum absolute atomic E-state index is 0.458. The van der Waals surface area contributed by atoms with Gasteiger partial charge in [0.05, 0.1) is 17.1 Å². The quantitative estimate of drug-likeness (QED) is 0.813. The largest absolute Gasteiger partial charge is 0.396 e. The summed E-state index contributed by atoms with van der Waals surface area (Å²) in [7, 11) is 0. The highest BCUT2D eigenvalue weighted by Gasteiger charge is 2.06. The molecule has 0 aliphatic rings. The Labute approximate surface area is 99.4 Å². The molecule has 0 atom stereocenters. The van der Waals surface area contributed by atoms with E-state index in [1.807, 2.05) is 26.8 Å². The van der Waals surface area contributed by atoms with Crippen molar-refractivity contribution in [1.82, 2.24) is 19.9 Å². The summed E-state index contributed by atoms with van der Waals surface area (Å²) in [6, 6.07) is 1.82. The molecule has 6 heteroatoms. The zero-order valence-corrected chi connectivity index (χ0v) is 10.0. The molecule has 0 spiro atoms. The summed E-state index contributed by atoms with van der Waals surface area (Å²) in [4.78, 5) is 16.8. The molecule has 3 N–H and O–H groups in total. The van der Waals surface area contributed by atoms with Crippen molar-refractivity contribution < 1.29 is 0 Å². The van der Waals surface area contributed by atoms with Gasteiger partial charge in [0.2, 0.25) is 11.9 Å². The van der Waals surface area contributed by atoms with E-state index in [-0.39, 0.29) is 0 Å². The number of nitrogens with one attached hydrogen (secondary N) is 1. The van der Waals surface area contributed by atoms with E-state index >= 15 is 0 Å². The summed E-state index contributed by atoms with van der Waals surface area (Å²) in [6.07, 6.45) is 1.68. The Morgan fingerprint density at radius 1 is 1.00 bits per heavy atom. The predicted molar refractivity (Wildman–Crippen MR) is 66.0 cm³/mol. The number of nitrogens with two attached hydrogens (primary N) is 1. The van der Waals surface area contributed by atoms with E-state index in [9.17, 15) is 0 Å². The van der Waals surface area contributed by atoms with Crippen molar-refractivity contribution >= 4 is 17.6 Å². The molecule has 0 fully saturated rings. The molecule has 6 nitrogen and oxygen atoms in total. The van der Waals surface area contributed by atoms with Crippen LogP contribution in [0.2, 0.25) is 0 Å². The Balaban J connectivity index is 2.31. The lowest BCUT2D eigenvalue weighted by Gasteiger charge is -2.07. The maximum absolute atomic E-state index is 5.78. The Morgan fingerprint density at radius 3 is 2.24 bits per heavy atom. The molecule has 0 saturated carbocycles. The number of aromatic nitrogens is 4. The number of anilines is 3. The van der Waals surface area contributed by atoms with Crippen molar-refractivity contribution in [1.29, 1.82) is 0 Å². The van der Waals surface area contributed by atoms with E-state index < -0.39 is 0 Å². The third-order valence-corrected chi connectivity index (χ3v) is 2.35. The van der Waals surface area contributed by atoms with E-state index in [0.29, 0.717) is 17.6 Å². The minimum Gasteiger partial charge on any atom is -0.396 e. The smallest absolute Gasteiger partial charge is 0.230 e. The molecule has 0 aliphatic heterocycles. The van der Waals surface area contributed by atoms with Gasteiger partial charge in [0, 0.05) is 11.9 Å². The topological polar surface area (TPSA) is 89.6 Å². The maximum atomic E-state index is 5.78. The zero-order valence-electron chi connectivity index (χ0n) is 10.0. The first-order valence-electron chi connectivity index (χ1n) is 5.23. The first kappa shape index (κ1) is 11.3. The van der Waals surface area contributed by atoms with Gasteiger partial charge in [0.25, 0.3) is 0 Å². The van der Waals surface area contributed by atoms with Crippen molar-refractivity contribution in [3.8, 4) is 0 Å². The molecule has 0 amide bonds. The van der Waals surface area contributed by atoms with Crippen LogP contribution in [0.4, 0.5) is 17.6 Å². The van der Waals surface area contributed by atoms with Gasteiger partial charge in [-0.3, -0.25) is 5.32 Å². The highest BCUT2D eigenvalue weighted by Crippen LogP contribution is 2.15. The standard InChI is InChI=1S/C11H14N6/c1-6-4-5-13-10(14-6)17-11-15-7(2)9(12)8(3)16-11/h4-5H,12H2,1-3H3,(H,13,14,15,16,17).